The van der Waals surface area contributed by atoms with Gasteiger partial charge in [-0.2, -0.15) is 13.2 Å². The molecular weight excluding hydrogens is 381 g/mol. The quantitative estimate of drug-likeness (QED) is 0.556. The molecule has 7 nitrogen and oxygen atoms in total. The van der Waals surface area contributed by atoms with Crippen LogP contribution in [0.5, 0.6) is 11.8 Å². The molecule has 148 valence electrons. The molecule has 1 fully saturated rings. The Morgan fingerprint density at radius 1 is 1.07 bits per heavy atom. The van der Waals surface area contributed by atoms with Crippen LogP contribution >= 0.6 is 0 Å². The zero-order chi connectivity index (χ0) is 20.8. The minimum absolute atomic E-state index is 0.00638. The van der Waals surface area contributed by atoms with Crippen molar-refractivity contribution in [2.24, 2.45) is 0 Å². The molecule has 0 radical (unpaired) electrons. The van der Waals surface area contributed by atoms with E-state index in [9.17, 15) is 33.6 Å². The van der Waals surface area contributed by atoms with Crippen LogP contribution in [-0.4, -0.2) is 37.2 Å². The van der Waals surface area contributed by atoms with E-state index in [2.05, 4.69) is 4.85 Å². The number of fused-ring (bicyclic) bond motifs is 5. The second-order valence-corrected chi connectivity index (χ2v) is 7.25. The Kier molecular flexibility index (Phi) is 3.45. The number of benzene rings is 1. The molecule has 2 bridgehead atoms. The van der Waals surface area contributed by atoms with E-state index >= 15 is 0 Å². The van der Waals surface area contributed by atoms with Gasteiger partial charge in [-0.3, -0.25) is 4.57 Å². The molecule has 10 heteroatoms. The summed E-state index contributed by atoms with van der Waals surface area (Å²) in [6, 6.07) is 2.73. The first kappa shape index (κ1) is 18.6. The van der Waals surface area contributed by atoms with E-state index in [0.29, 0.717) is 6.07 Å². The maximum atomic E-state index is 13.3. The topological polar surface area (TPSA) is 99.4 Å². The molecule has 4 rings (SSSR count). The fourth-order valence-corrected chi connectivity index (χ4v) is 4.28. The number of aliphatic hydroxyl groups is 2. The van der Waals surface area contributed by atoms with Crippen LogP contribution in [0.15, 0.2) is 18.2 Å². The number of alkyl halides is 3. The van der Waals surface area contributed by atoms with Crippen molar-refractivity contribution in [1.29, 1.82) is 0 Å². The van der Waals surface area contributed by atoms with Crippen molar-refractivity contribution in [2.75, 3.05) is 0 Å². The van der Waals surface area contributed by atoms with Crippen LogP contribution in [0.3, 0.4) is 0 Å². The molecule has 0 spiro atoms. The summed E-state index contributed by atoms with van der Waals surface area (Å²) >= 11 is 0. The van der Waals surface area contributed by atoms with Gasteiger partial charge in [0.2, 0.25) is 11.8 Å². The number of aromatic nitrogens is 1. The molecule has 1 aromatic carbocycles. The third-order valence-electron chi connectivity index (χ3n) is 5.63. The summed E-state index contributed by atoms with van der Waals surface area (Å²) in [4.78, 5) is 2.85. The molecule has 2 aliphatic heterocycles. The second kappa shape index (κ2) is 5.20. The molecule has 1 aromatic heterocycles. The first-order chi connectivity index (χ1) is 12.9. The molecule has 4 atom stereocenters. The van der Waals surface area contributed by atoms with Crippen molar-refractivity contribution in [3.05, 3.63) is 46.3 Å². The Balaban J connectivity index is 1.99. The molecule has 4 N–H and O–H groups in total. The average molecular weight is 396 g/mol. The zero-order valence-corrected chi connectivity index (χ0v) is 14.6. The largest absolute Gasteiger partial charge is 0.494 e. The van der Waals surface area contributed by atoms with Crippen molar-refractivity contribution < 1.29 is 38.3 Å². The minimum atomic E-state index is -4.82. The monoisotopic (exact) mass is 396 g/mol. The lowest BCUT2D eigenvalue weighted by Crippen LogP contribution is -2.44. The van der Waals surface area contributed by atoms with E-state index in [4.69, 9.17) is 11.3 Å². The standard InChI is InChI=1S/C18H15F3N2O5/c1-16-10-11(17(2,28-16)13(25)12(16)24)15(27)23(14(10)26)7-4-5-9(22-3)8(6-7)18(19,20)21/h4-6,12-13,24-27H,1-2H3/t12-,13+,16?,17?. The third-order valence-corrected chi connectivity index (χ3v) is 5.63. The Bertz CT molecular complexity index is 1010. The second-order valence-electron chi connectivity index (χ2n) is 7.25. The molecule has 2 aromatic rings. The first-order valence-corrected chi connectivity index (χ1v) is 8.21. The van der Waals surface area contributed by atoms with E-state index in [1.54, 1.807) is 0 Å². The number of hydrogen-bond acceptors (Lipinski definition) is 5. The van der Waals surface area contributed by atoms with Crippen LogP contribution in [0.1, 0.15) is 30.5 Å². The lowest BCUT2D eigenvalue weighted by molar-refractivity contribution is -0.136. The number of hydrogen-bond donors (Lipinski definition) is 4. The van der Waals surface area contributed by atoms with E-state index in [0.717, 1.165) is 16.7 Å². The van der Waals surface area contributed by atoms with Crippen LogP contribution in [0.4, 0.5) is 18.9 Å². The Morgan fingerprint density at radius 2 is 1.57 bits per heavy atom. The van der Waals surface area contributed by atoms with Crippen molar-refractivity contribution in [1.82, 2.24) is 4.57 Å². The van der Waals surface area contributed by atoms with Gasteiger partial charge in [0.1, 0.15) is 23.4 Å². The maximum absolute atomic E-state index is 13.3. The molecule has 0 amide bonds. The van der Waals surface area contributed by atoms with Gasteiger partial charge in [0.15, 0.2) is 5.69 Å². The van der Waals surface area contributed by atoms with Gasteiger partial charge in [-0.05, 0) is 26.0 Å². The molecule has 2 aliphatic rings. The number of rotatable bonds is 1. The highest BCUT2D eigenvalue weighted by atomic mass is 19.4. The molecule has 2 unspecified atom stereocenters. The van der Waals surface area contributed by atoms with Crippen LogP contribution < -0.4 is 0 Å². The van der Waals surface area contributed by atoms with E-state index in [1.165, 1.54) is 13.8 Å². The maximum Gasteiger partial charge on any atom is 0.407 e. The highest BCUT2D eigenvalue weighted by molar-refractivity contribution is 5.65. The number of aromatic hydroxyl groups is 2. The van der Waals surface area contributed by atoms with Crippen molar-refractivity contribution in [3.8, 4) is 17.4 Å². The van der Waals surface area contributed by atoms with Gasteiger partial charge >= 0.3 is 6.18 Å². The highest BCUT2D eigenvalue weighted by Crippen LogP contribution is 2.64. The first-order valence-electron chi connectivity index (χ1n) is 8.21. The summed E-state index contributed by atoms with van der Waals surface area (Å²) < 4.78 is 46.3. The van der Waals surface area contributed by atoms with Gasteiger partial charge in [0.25, 0.3) is 0 Å². The average Bonchev–Trinajstić information content (AvgIpc) is 3.10. The molecule has 1 saturated heterocycles. The van der Waals surface area contributed by atoms with Gasteiger partial charge in [-0.1, -0.05) is 6.07 Å². The van der Waals surface area contributed by atoms with Gasteiger partial charge in [-0.15, -0.1) is 0 Å². The smallest absolute Gasteiger partial charge is 0.407 e. The predicted octanol–water partition coefficient (Wildman–Crippen LogP) is 2.65. The Hall–Kier alpha value is -2.74. The zero-order valence-electron chi connectivity index (χ0n) is 14.6. The number of ether oxygens (including phenoxy) is 1. The normalized spacial score (nSPS) is 31.1. The van der Waals surface area contributed by atoms with Crippen molar-refractivity contribution in [2.45, 2.75) is 43.4 Å². The summed E-state index contributed by atoms with van der Waals surface area (Å²) in [5, 5.41) is 42.0. The predicted molar refractivity (Wildman–Crippen MR) is 88.2 cm³/mol. The number of nitrogens with zero attached hydrogens (tertiary/aromatic N) is 2. The van der Waals surface area contributed by atoms with Crippen LogP contribution in [0.2, 0.25) is 0 Å². The van der Waals surface area contributed by atoms with Crippen LogP contribution in [-0.2, 0) is 22.1 Å². The van der Waals surface area contributed by atoms with Crippen molar-refractivity contribution in [3.63, 3.8) is 0 Å². The molecule has 0 saturated carbocycles. The SMILES string of the molecule is [C-]#[N+]c1ccc(-n2c(O)c3c(c2O)C2(C)OC3(C)[C@H](O)[C@@H]2O)cc1C(F)(F)F. The summed E-state index contributed by atoms with van der Waals surface area (Å²) in [5.41, 5.74) is -5.20. The molecule has 28 heavy (non-hydrogen) atoms. The lowest BCUT2D eigenvalue weighted by Gasteiger charge is -2.29. The van der Waals surface area contributed by atoms with E-state index < -0.39 is 52.6 Å². The Morgan fingerprint density at radius 3 is 2.00 bits per heavy atom. The van der Waals surface area contributed by atoms with Gasteiger partial charge < -0.3 is 25.2 Å². The van der Waals surface area contributed by atoms with Crippen molar-refractivity contribution >= 4 is 5.69 Å². The molecule has 0 aliphatic carbocycles. The number of halogens is 3. The fourth-order valence-electron chi connectivity index (χ4n) is 4.28. The van der Waals surface area contributed by atoms with Gasteiger partial charge in [0.05, 0.1) is 28.9 Å². The third kappa shape index (κ3) is 1.98. The van der Waals surface area contributed by atoms with Crippen LogP contribution in [0, 0.1) is 6.57 Å². The van der Waals surface area contributed by atoms with E-state index in [1.807, 2.05) is 0 Å². The number of aliphatic hydroxyl groups excluding tert-OH is 2. The van der Waals surface area contributed by atoms with E-state index in [-0.39, 0.29) is 16.8 Å². The molecule has 3 heterocycles. The fraction of sp³-hybridized carbons (Fsp3) is 0.389. The van der Waals surface area contributed by atoms with Crippen LogP contribution in [0.25, 0.3) is 10.5 Å². The summed E-state index contributed by atoms with van der Waals surface area (Å²) in [6.45, 7) is 9.72. The Labute approximate surface area is 156 Å². The highest BCUT2D eigenvalue weighted by Gasteiger charge is 2.69. The summed E-state index contributed by atoms with van der Waals surface area (Å²) in [7, 11) is 0. The summed E-state index contributed by atoms with van der Waals surface area (Å²) in [6.07, 6.45) is -7.65. The minimum Gasteiger partial charge on any atom is -0.494 e. The van der Waals surface area contributed by atoms with Gasteiger partial charge in [0, 0.05) is 0 Å². The lowest BCUT2D eigenvalue weighted by atomic mass is 9.76. The van der Waals surface area contributed by atoms with Gasteiger partial charge in [-0.25, -0.2) is 4.85 Å². The molecular formula is C18H15F3N2O5. The summed E-state index contributed by atoms with van der Waals surface area (Å²) in [5.74, 6) is -1.23.